The van der Waals surface area contributed by atoms with Crippen LogP contribution in [0.25, 0.3) is 0 Å². The Labute approximate surface area is 104 Å². The molecule has 4 nitrogen and oxygen atoms in total. The summed E-state index contributed by atoms with van der Waals surface area (Å²) in [7, 11) is 0. The number of hydrogen-bond donors (Lipinski definition) is 1. The third-order valence-corrected chi connectivity index (χ3v) is 3.86. The lowest BCUT2D eigenvalue weighted by molar-refractivity contribution is -0.136. The van der Waals surface area contributed by atoms with Gasteiger partial charge in [0.05, 0.1) is 5.56 Å². The number of nitrogens with zero attached hydrogens (tertiary/aromatic N) is 2. The van der Waals surface area contributed by atoms with Crippen molar-refractivity contribution in [1.29, 1.82) is 5.26 Å². The molecule has 1 aromatic heterocycles. The number of aromatic nitrogens is 1. The van der Waals surface area contributed by atoms with Gasteiger partial charge in [0.15, 0.2) is 0 Å². The van der Waals surface area contributed by atoms with E-state index in [0.29, 0.717) is 10.6 Å². The number of thioether (sulfide) groups is 1. The molecule has 17 heavy (non-hydrogen) atoms. The highest BCUT2D eigenvalue weighted by atomic mass is 32.2. The number of carboxylic acids is 1. The number of fused-ring (bicyclic) bond motifs is 1. The first-order chi connectivity index (χ1) is 8.11. The quantitative estimate of drug-likeness (QED) is 0.828. The summed E-state index contributed by atoms with van der Waals surface area (Å²) in [6.07, 6.45) is 2.96. The molecule has 0 amide bonds. The van der Waals surface area contributed by atoms with Gasteiger partial charge in [-0.05, 0) is 37.8 Å². The van der Waals surface area contributed by atoms with Gasteiger partial charge < -0.3 is 5.11 Å². The highest BCUT2D eigenvalue weighted by molar-refractivity contribution is 8.00. The van der Waals surface area contributed by atoms with E-state index in [1.807, 2.05) is 6.07 Å². The topological polar surface area (TPSA) is 74.0 Å². The summed E-state index contributed by atoms with van der Waals surface area (Å²) >= 11 is 1.14. The average Bonchev–Trinajstić information content (AvgIpc) is 2.74. The number of carbonyl (C=O) groups is 1. The summed E-state index contributed by atoms with van der Waals surface area (Å²) < 4.78 is 0. The van der Waals surface area contributed by atoms with Gasteiger partial charge in [-0.1, -0.05) is 11.8 Å². The van der Waals surface area contributed by atoms with E-state index < -0.39 is 11.2 Å². The minimum absolute atomic E-state index is 0.490. The Kier molecular flexibility index (Phi) is 3.34. The summed E-state index contributed by atoms with van der Waals surface area (Å²) in [6, 6.07) is 3.95. The average molecular weight is 248 g/mol. The maximum Gasteiger partial charge on any atom is 0.316 e. The van der Waals surface area contributed by atoms with Gasteiger partial charge in [-0.15, -0.1) is 0 Å². The molecule has 0 spiro atoms. The number of nitriles is 1. The van der Waals surface area contributed by atoms with E-state index in [-0.39, 0.29) is 0 Å². The van der Waals surface area contributed by atoms with Gasteiger partial charge in [-0.3, -0.25) is 4.79 Å². The largest absolute Gasteiger partial charge is 0.480 e. The molecule has 1 heterocycles. The van der Waals surface area contributed by atoms with Crippen LogP contribution in [0.5, 0.6) is 0 Å². The smallest absolute Gasteiger partial charge is 0.316 e. The molecule has 5 heteroatoms. The molecule has 2 rings (SSSR count). The summed E-state index contributed by atoms with van der Waals surface area (Å²) in [5.74, 6) is -0.888. The number of aliphatic carboxylic acids is 1. The Bertz CT molecular complexity index is 508. The van der Waals surface area contributed by atoms with E-state index in [0.717, 1.165) is 42.3 Å². The van der Waals surface area contributed by atoms with Crippen molar-refractivity contribution in [3.63, 3.8) is 0 Å². The third-order valence-electron chi connectivity index (χ3n) is 2.77. The molecule has 0 aliphatic heterocycles. The standard InChI is InChI=1S/C12H12N2O2S/c1-7(12(15)16)17-11-9(6-13)5-8-3-2-4-10(8)14-11/h5,7H,2-4H2,1H3,(H,15,16). The molecule has 1 aliphatic rings. The van der Waals surface area contributed by atoms with Crippen LogP contribution in [0.4, 0.5) is 0 Å². The van der Waals surface area contributed by atoms with Crippen molar-refractivity contribution in [1.82, 2.24) is 4.98 Å². The van der Waals surface area contributed by atoms with Crippen LogP contribution in [-0.2, 0) is 17.6 Å². The van der Waals surface area contributed by atoms with Gasteiger partial charge in [0.1, 0.15) is 16.3 Å². The zero-order valence-corrected chi connectivity index (χ0v) is 10.3. The number of pyridine rings is 1. The molecule has 1 unspecified atom stereocenters. The predicted molar refractivity (Wildman–Crippen MR) is 63.9 cm³/mol. The van der Waals surface area contributed by atoms with Gasteiger partial charge in [0.25, 0.3) is 0 Å². The molecular weight excluding hydrogens is 236 g/mol. The van der Waals surface area contributed by atoms with Gasteiger partial charge in [-0.25, -0.2) is 4.98 Å². The lowest BCUT2D eigenvalue weighted by Gasteiger charge is -2.09. The second-order valence-electron chi connectivity index (χ2n) is 4.01. The summed E-state index contributed by atoms with van der Waals surface area (Å²) in [5, 5.41) is 17.9. The normalized spacial score (nSPS) is 15.1. The highest BCUT2D eigenvalue weighted by Gasteiger charge is 2.20. The van der Waals surface area contributed by atoms with E-state index in [4.69, 9.17) is 10.4 Å². The molecule has 0 saturated carbocycles. The SMILES string of the molecule is CC(Sc1nc2c(cc1C#N)CCC2)C(=O)O. The third kappa shape index (κ3) is 2.42. The Balaban J connectivity index is 2.33. The number of hydrogen-bond acceptors (Lipinski definition) is 4. The van der Waals surface area contributed by atoms with E-state index in [1.54, 1.807) is 6.92 Å². The summed E-state index contributed by atoms with van der Waals surface area (Å²) in [6.45, 7) is 1.60. The van der Waals surface area contributed by atoms with Crippen molar-refractivity contribution in [2.24, 2.45) is 0 Å². The predicted octanol–water partition coefficient (Wildman–Crippen LogP) is 2.01. The zero-order chi connectivity index (χ0) is 12.4. The van der Waals surface area contributed by atoms with Crippen molar-refractivity contribution >= 4 is 17.7 Å². The molecule has 0 fully saturated rings. The Morgan fingerprint density at radius 3 is 3.06 bits per heavy atom. The maximum absolute atomic E-state index is 10.8. The lowest BCUT2D eigenvalue weighted by Crippen LogP contribution is -2.12. The highest BCUT2D eigenvalue weighted by Crippen LogP contribution is 2.29. The second-order valence-corrected chi connectivity index (χ2v) is 5.34. The Morgan fingerprint density at radius 1 is 1.65 bits per heavy atom. The maximum atomic E-state index is 10.8. The van der Waals surface area contributed by atoms with Gasteiger partial charge in [0, 0.05) is 5.69 Å². The molecule has 1 N–H and O–H groups in total. The first-order valence-electron chi connectivity index (χ1n) is 5.44. The van der Waals surface area contributed by atoms with Crippen molar-refractivity contribution in [2.45, 2.75) is 36.5 Å². The summed E-state index contributed by atoms with van der Waals surface area (Å²) in [5.41, 5.74) is 2.64. The molecule has 0 radical (unpaired) electrons. The zero-order valence-electron chi connectivity index (χ0n) is 9.43. The van der Waals surface area contributed by atoms with E-state index in [9.17, 15) is 4.79 Å². The molecule has 88 valence electrons. The van der Waals surface area contributed by atoms with Crippen LogP contribution in [0.15, 0.2) is 11.1 Å². The van der Waals surface area contributed by atoms with Gasteiger partial charge in [0.2, 0.25) is 0 Å². The molecule has 1 aliphatic carbocycles. The van der Waals surface area contributed by atoms with Crippen LogP contribution in [0.2, 0.25) is 0 Å². The Hall–Kier alpha value is -1.54. The van der Waals surface area contributed by atoms with Crippen LogP contribution in [0, 0.1) is 11.3 Å². The molecular formula is C12H12N2O2S. The molecule has 1 aromatic rings. The first kappa shape index (κ1) is 11.9. The second kappa shape index (κ2) is 4.76. The fraction of sp³-hybridized carbons (Fsp3) is 0.417. The lowest BCUT2D eigenvalue weighted by atomic mass is 10.2. The molecule has 0 bridgehead atoms. The number of aryl methyl sites for hydroxylation is 2. The molecule has 0 aromatic carbocycles. The van der Waals surface area contributed by atoms with Gasteiger partial charge >= 0.3 is 5.97 Å². The van der Waals surface area contributed by atoms with E-state index >= 15 is 0 Å². The minimum Gasteiger partial charge on any atom is -0.480 e. The van der Waals surface area contributed by atoms with Crippen LogP contribution in [0.3, 0.4) is 0 Å². The van der Waals surface area contributed by atoms with Crippen LogP contribution < -0.4 is 0 Å². The van der Waals surface area contributed by atoms with Crippen LogP contribution in [0.1, 0.15) is 30.2 Å². The minimum atomic E-state index is -0.888. The molecule has 1 atom stereocenters. The first-order valence-corrected chi connectivity index (χ1v) is 6.32. The molecule has 0 saturated heterocycles. The van der Waals surface area contributed by atoms with Crippen molar-refractivity contribution < 1.29 is 9.90 Å². The number of carboxylic acid groups (broad SMARTS) is 1. The van der Waals surface area contributed by atoms with Crippen LogP contribution >= 0.6 is 11.8 Å². The van der Waals surface area contributed by atoms with Crippen molar-refractivity contribution in [3.05, 3.63) is 22.9 Å². The van der Waals surface area contributed by atoms with E-state index in [1.165, 1.54) is 0 Å². The Morgan fingerprint density at radius 2 is 2.41 bits per heavy atom. The van der Waals surface area contributed by atoms with Crippen molar-refractivity contribution in [2.75, 3.05) is 0 Å². The fourth-order valence-corrected chi connectivity index (χ4v) is 2.67. The van der Waals surface area contributed by atoms with Crippen LogP contribution in [-0.4, -0.2) is 21.3 Å². The van der Waals surface area contributed by atoms with Crippen molar-refractivity contribution in [3.8, 4) is 6.07 Å². The number of rotatable bonds is 3. The fourth-order valence-electron chi connectivity index (χ4n) is 1.84. The van der Waals surface area contributed by atoms with E-state index in [2.05, 4.69) is 11.1 Å². The monoisotopic (exact) mass is 248 g/mol. The summed E-state index contributed by atoms with van der Waals surface area (Å²) in [4.78, 5) is 15.2. The van der Waals surface area contributed by atoms with Gasteiger partial charge in [-0.2, -0.15) is 5.26 Å².